The van der Waals surface area contributed by atoms with Crippen molar-refractivity contribution < 1.29 is 18.7 Å². The molecule has 0 bridgehead atoms. The van der Waals surface area contributed by atoms with Gasteiger partial charge in [-0.1, -0.05) is 12.1 Å². The molecule has 1 atom stereocenters. The molecule has 1 N–H and O–H groups in total. The molecule has 2 aliphatic heterocycles. The first kappa shape index (κ1) is 21.4. The highest BCUT2D eigenvalue weighted by molar-refractivity contribution is 5.74. The van der Waals surface area contributed by atoms with E-state index in [0.29, 0.717) is 44.6 Å². The fourth-order valence-corrected chi connectivity index (χ4v) is 4.77. The van der Waals surface area contributed by atoms with Gasteiger partial charge in [-0.3, -0.25) is 4.98 Å². The number of hydrogen-bond acceptors (Lipinski definition) is 7. The van der Waals surface area contributed by atoms with Crippen LogP contribution >= 0.6 is 0 Å². The Morgan fingerprint density at radius 2 is 1.91 bits per heavy atom. The van der Waals surface area contributed by atoms with E-state index in [2.05, 4.69) is 20.5 Å². The number of ether oxygens (including phenoxy) is 2. The monoisotopic (exact) mass is 449 g/mol. The van der Waals surface area contributed by atoms with Crippen LogP contribution in [0.5, 0.6) is 5.75 Å². The summed E-state index contributed by atoms with van der Waals surface area (Å²) in [6.07, 6.45) is 5.10. The van der Waals surface area contributed by atoms with Crippen LogP contribution in [-0.2, 0) is 11.3 Å². The summed E-state index contributed by atoms with van der Waals surface area (Å²) in [5, 5.41) is 11.7. The highest BCUT2D eigenvalue weighted by Crippen LogP contribution is 2.49. The predicted octanol–water partition coefficient (Wildman–Crippen LogP) is 3.25. The van der Waals surface area contributed by atoms with Crippen molar-refractivity contribution in [2.24, 2.45) is 5.41 Å². The lowest BCUT2D eigenvalue weighted by Gasteiger charge is -2.36. The standard InChI is InChI=1S/C24H27N5O4/c1-31-19-4-2-17(3-5-19)14-26-23(30)29-15-20(24(16-29)8-12-32-13-9-24)22-28-27-21(33-22)18-6-10-25-11-7-18/h2-7,10-11,20H,8-9,12-16H2,1H3,(H,26,30). The fourth-order valence-electron chi connectivity index (χ4n) is 4.77. The molecule has 2 amide bonds. The molecule has 172 valence electrons. The van der Waals surface area contributed by atoms with E-state index in [-0.39, 0.29) is 17.4 Å². The highest BCUT2D eigenvalue weighted by atomic mass is 16.5. The Kier molecular flexibility index (Phi) is 5.95. The zero-order chi connectivity index (χ0) is 22.7. The second kappa shape index (κ2) is 9.19. The van der Waals surface area contributed by atoms with Gasteiger partial charge in [0.25, 0.3) is 0 Å². The van der Waals surface area contributed by atoms with Gasteiger partial charge in [0.1, 0.15) is 5.75 Å². The number of pyridine rings is 1. The number of amides is 2. The van der Waals surface area contributed by atoms with Gasteiger partial charge < -0.3 is 24.1 Å². The third kappa shape index (κ3) is 4.41. The number of carbonyl (C=O) groups is 1. The van der Waals surface area contributed by atoms with E-state index in [0.717, 1.165) is 29.7 Å². The van der Waals surface area contributed by atoms with Gasteiger partial charge in [0.05, 0.1) is 13.0 Å². The maximum Gasteiger partial charge on any atom is 0.317 e. The van der Waals surface area contributed by atoms with Gasteiger partial charge in [0, 0.05) is 56.2 Å². The van der Waals surface area contributed by atoms with E-state index in [1.807, 2.05) is 41.3 Å². The number of likely N-dealkylation sites (tertiary alicyclic amines) is 1. The number of methoxy groups -OCH3 is 1. The Balaban J connectivity index is 1.31. The molecule has 2 saturated heterocycles. The molecule has 1 spiro atoms. The van der Waals surface area contributed by atoms with Crippen LogP contribution in [0, 0.1) is 5.41 Å². The second-order valence-corrected chi connectivity index (χ2v) is 8.60. The average molecular weight is 450 g/mol. The molecular formula is C24H27N5O4. The van der Waals surface area contributed by atoms with E-state index in [1.165, 1.54) is 0 Å². The van der Waals surface area contributed by atoms with Gasteiger partial charge in [0.15, 0.2) is 0 Å². The van der Waals surface area contributed by atoms with Crippen molar-refractivity contribution in [2.75, 3.05) is 33.4 Å². The SMILES string of the molecule is COc1ccc(CNC(=O)N2CC(c3nnc(-c4ccncc4)o3)C3(CCOCC3)C2)cc1. The van der Waals surface area contributed by atoms with E-state index in [4.69, 9.17) is 13.9 Å². The zero-order valence-corrected chi connectivity index (χ0v) is 18.6. The van der Waals surface area contributed by atoms with Crippen molar-refractivity contribution in [2.45, 2.75) is 25.3 Å². The van der Waals surface area contributed by atoms with E-state index < -0.39 is 0 Å². The van der Waals surface area contributed by atoms with Crippen LogP contribution in [-0.4, -0.2) is 59.5 Å². The summed E-state index contributed by atoms with van der Waals surface area (Å²) in [5.74, 6) is 1.81. The summed E-state index contributed by atoms with van der Waals surface area (Å²) in [5.41, 5.74) is 1.72. The van der Waals surface area contributed by atoms with Crippen LogP contribution in [0.4, 0.5) is 4.79 Å². The van der Waals surface area contributed by atoms with Crippen molar-refractivity contribution in [1.29, 1.82) is 0 Å². The number of nitrogens with one attached hydrogen (secondary N) is 1. The summed E-state index contributed by atoms with van der Waals surface area (Å²) in [7, 11) is 1.64. The molecule has 2 fully saturated rings. The molecular weight excluding hydrogens is 422 g/mol. The maximum absolute atomic E-state index is 13.1. The Labute approximate surface area is 192 Å². The van der Waals surface area contributed by atoms with Crippen LogP contribution in [0.25, 0.3) is 11.5 Å². The molecule has 4 heterocycles. The Morgan fingerprint density at radius 3 is 2.64 bits per heavy atom. The number of hydrogen-bond donors (Lipinski definition) is 1. The van der Waals surface area contributed by atoms with Crippen LogP contribution in [0.1, 0.15) is 30.2 Å². The van der Waals surface area contributed by atoms with Gasteiger partial charge in [0.2, 0.25) is 11.8 Å². The summed E-state index contributed by atoms with van der Waals surface area (Å²) >= 11 is 0. The smallest absolute Gasteiger partial charge is 0.317 e. The topological polar surface area (TPSA) is 103 Å². The van der Waals surface area contributed by atoms with Crippen LogP contribution in [0.2, 0.25) is 0 Å². The van der Waals surface area contributed by atoms with Crippen molar-refractivity contribution in [3.63, 3.8) is 0 Å². The minimum Gasteiger partial charge on any atom is -0.497 e. The molecule has 0 saturated carbocycles. The van der Waals surface area contributed by atoms with Crippen molar-refractivity contribution in [3.8, 4) is 17.2 Å². The molecule has 2 aliphatic rings. The lowest BCUT2D eigenvalue weighted by Crippen LogP contribution is -2.41. The highest BCUT2D eigenvalue weighted by Gasteiger charge is 2.51. The Morgan fingerprint density at radius 1 is 1.15 bits per heavy atom. The number of urea groups is 1. The lowest BCUT2D eigenvalue weighted by atomic mass is 9.72. The van der Waals surface area contributed by atoms with Gasteiger partial charge >= 0.3 is 6.03 Å². The minimum absolute atomic E-state index is 0.0313. The number of carbonyl (C=O) groups excluding carboxylic acids is 1. The Hall–Kier alpha value is -3.46. The van der Waals surface area contributed by atoms with E-state index in [9.17, 15) is 4.79 Å². The molecule has 2 aromatic heterocycles. The second-order valence-electron chi connectivity index (χ2n) is 8.60. The molecule has 0 aliphatic carbocycles. The molecule has 1 aromatic carbocycles. The quantitative estimate of drug-likeness (QED) is 0.638. The van der Waals surface area contributed by atoms with Crippen LogP contribution in [0.3, 0.4) is 0 Å². The molecule has 33 heavy (non-hydrogen) atoms. The number of benzene rings is 1. The zero-order valence-electron chi connectivity index (χ0n) is 18.6. The molecule has 9 heteroatoms. The number of rotatable bonds is 5. The van der Waals surface area contributed by atoms with Crippen molar-refractivity contribution in [3.05, 3.63) is 60.2 Å². The Bertz CT molecular complexity index is 1080. The molecule has 5 rings (SSSR count). The maximum atomic E-state index is 13.1. The lowest BCUT2D eigenvalue weighted by molar-refractivity contribution is 0.0102. The third-order valence-electron chi connectivity index (χ3n) is 6.69. The van der Waals surface area contributed by atoms with Crippen LogP contribution in [0.15, 0.2) is 53.2 Å². The first-order valence-electron chi connectivity index (χ1n) is 11.1. The van der Waals surface area contributed by atoms with Gasteiger partial charge in [-0.15, -0.1) is 10.2 Å². The van der Waals surface area contributed by atoms with Crippen LogP contribution < -0.4 is 10.1 Å². The van der Waals surface area contributed by atoms with Crippen molar-refractivity contribution >= 4 is 6.03 Å². The first-order chi connectivity index (χ1) is 16.2. The normalized spacial score (nSPS) is 19.5. The average Bonchev–Trinajstić information content (AvgIpc) is 3.49. The third-order valence-corrected chi connectivity index (χ3v) is 6.69. The summed E-state index contributed by atoms with van der Waals surface area (Å²) in [6, 6.07) is 11.3. The van der Waals surface area contributed by atoms with Gasteiger partial charge in [-0.25, -0.2) is 4.79 Å². The molecule has 3 aromatic rings. The van der Waals surface area contributed by atoms with Crippen molar-refractivity contribution in [1.82, 2.24) is 25.4 Å². The number of aromatic nitrogens is 3. The van der Waals surface area contributed by atoms with E-state index >= 15 is 0 Å². The predicted molar refractivity (Wildman–Crippen MR) is 120 cm³/mol. The molecule has 1 unspecified atom stereocenters. The summed E-state index contributed by atoms with van der Waals surface area (Å²) < 4.78 is 16.9. The minimum atomic E-state index is -0.127. The van der Waals surface area contributed by atoms with E-state index in [1.54, 1.807) is 19.5 Å². The molecule has 9 nitrogen and oxygen atoms in total. The summed E-state index contributed by atoms with van der Waals surface area (Å²) in [6.45, 7) is 2.97. The number of nitrogens with zero attached hydrogens (tertiary/aromatic N) is 4. The largest absolute Gasteiger partial charge is 0.497 e. The van der Waals surface area contributed by atoms with Gasteiger partial charge in [-0.05, 0) is 42.7 Å². The first-order valence-corrected chi connectivity index (χ1v) is 11.1. The van der Waals surface area contributed by atoms with Gasteiger partial charge in [-0.2, -0.15) is 0 Å². The fraction of sp³-hybridized carbons (Fsp3) is 0.417. The summed E-state index contributed by atoms with van der Waals surface area (Å²) in [4.78, 5) is 19.0. The molecule has 0 radical (unpaired) electrons.